The molecule has 10 nitrogen and oxygen atoms in total. The highest BCUT2D eigenvalue weighted by Crippen LogP contribution is 2.50. The summed E-state index contributed by atoms with van der Waals surface area (Å²) >= 11 is 0. The standard InChI is InChI=1S/C47H49N3O7S/c1-55-26-14-13-25-47(41-21-9-11-23-43(41)57-44-24-12-10-22-42(44)47)32-48-45(51)34-27-35(49-58(53,54)31-33-15-3-2-4-16-33)29-50(28-34)46(52)56-30-40-38-19-7-5-17-36(38)37-18-6-8-20-39(37)40/h2-12,15-24,34-35,40,49H,13-14,25-32H2,1H3,(H,48,51). The number of hydrogen-bond donors (Lipinski definition) is 2. The molecule has 11 heteroatoms. The number of unbranched alkanes of at least 4 members (excludes halogenated alkanes) is 1. The van der Waals surface area contributed by atoms with E-state index in [4.69, 9.17) is 14.2 Å². The Labute approximate surface area is 340 Å². The average molecular weight is 800 g/mol. The van der Waals surface area contributed by atoms with Crippen LogP contribution < -0.4 is 14.8 Å². The number of piperidine rings is 1. The number of nitrogens with one attached hydrogen (secondary N) is 2. The zero-order chi connectivity index (χ0) is 40.1. The van der Waals surface area contributed by atoms with E-state index in [1.54, 1.807) is 31.4 Å². The molecule has 0 radical (unpaired) electrons. The summed E-state index contributed by atoms with van der Waals surface area (Å²) < 4.78 is 47.7. The van der Waals surface area contributed by atoms with E-state index in [1.807, 2.05) is 66.7 Å². The van der Waals surface area contributed by atoms with Crippen LogP contribution in [0.5, 0.6) is 11.5 Å². The molecular weight excluding hydrogens is 751 g/mol. The SMILES string of the molecule is COCCCCC1(CNC(=O)C2CC(NS(=O)(=O)Cc3ccccc3)CN(C(=O)OCC3c4ccccc4-c4ccccc43)C2)c2ccccc2Oc2ccccc21. The number of hydrogen-bond acceptors (Lipinski definition) is 7. The van der Waals surface area contributed by atoms with E-state index in [9.17, 15) is 18.0 Å². The quantitative estimate of drug-likeness (QED) is 0.110. The second kappa shape index (κ2) is 17.2. The number of amides is 2. The van der Waals surface area contributed by atoms with Crippen LogP contribution >= 0.6 is 0 Å². The molecule has 1 aliphatic carbocycles. The minimum absolute atomic E-state index is 0.0655. The highest BCUT2D eigenvalue weighted by molar-refractivity contribution is 7.88. The second-order valence-electron chi connectivity index (χ2n) is 15.5. The third-order valence-corrected chi connectivity index (χ3v) is 13.2. The Morgan fingerprint density at radius 2 is 1.38 bits per heavy atom. The predicted molar refractivity (Wildman–Crippen MR) is 223 cm³/mol. The number of para-hydroxylation sites is 2. The molecule has 2 N–H and O–H groups in total. The molecule has 0 spiro atoms. The maximum absolute atomic E-state index is 14.5. The van der Waals surface area contributed by atoms with Crippen molar-refractivity contribution in [3.05, 3.63) is 155 Å². The van der Waals surface area contributed by atoms with Crippen molar-refractivity contribution in [3.8, 4) is 22.6 Å². The van der Waals surface area contributed by atoms with Gasteiger partial charge in [0, 0.05) is 61.9 Å². The van der Waals surface area contributed by atoms with Crippen LogP contribution in [0.4, 0.5) is 4.79 Å². The molecule has 8 rings (SSSR count). The van der Waals surface area contributed by atoms with E-state index in [2.05, 4.69) is 46.4 Å². The third-order valence-electron chi connectivity index (χ3n) is 11.8. The summed E-state index contributed by atoms with van der Waals surface area (Å²) in [5.41, 5.74) is 6.43. The number of benzene rings is 5. The molecule has 2 unspecified atom stereocenters. The van der Waals surface area contributed by atoms with Crippen molar-refractivity contribution >= 4 is 22.0 Å². The molecule has 58 heavy (non-hydrogen) atoms. The smallest absolute Gasteiger partial charge is 0.409 e. The molecule has 5 aromatic carbocycles. The van der Waals surface area contributed by atoms with Crippen molar-refractivity contribution in [1.82, 2.24) is 14.9 Å². The van der Waals surface area contributed by atoms with Gasteiger partial charge >= 0.3 is 6.09 Å². The number of carbonyl (C=O) groups is 2. The zero-order valence-electron chi connectivity index (χ0n) is 32.6. The summed E-state index contributed by atoms with van der Waals surface area (Å²) in [5.74, 6) is 0.142. The number of fused-ring (bicyclic) bond motifs is 5. The summed E-state index contributed by atoms with van der Waals surface area (Å²) in [6.45, 7) is 1.16. The van der Waals surface area contributed by atoms with Gasteiger partial charge in [-0.15, -0.1) is 0 Å². The number of likely N-dealkylation sites (tertiary alicyclic amines) is 1. The molecule has 0 saturated carbocycles. The van der Waals surface area contributed by atoms with Crippen LogP contribution in [0.15, 0.2) is 127 Å². The van der Waals surface area contributed by atoms with Crippen LogP contribution in [0.1, 0.15) is 59.4 Å². The summed E-state index contributed by atoms with van der Waals surface area (Å²) in [6.07, 6.45) is 2.04. The van der Waals surface area contributed by atoms with Gasteiger partial charge in [0.2, 0.25) is 15.9 Å². The number of methoxy groups -OCH3 is 1. The first kappa shape index (κ1) is 39.3. The summed E-state index contributed by atoms with van der Waals surface area (Å²) in [7, 11) is -2.14. The van der Waals surface area contributed by atoms with E-state index in [1.165, 1.54) is 4.90 Å². The highest BCUT2D eigenvalue weighted by Gasteiger charge is 2.43. The van der Waals surface area contributed by atoms with Crippen molar-refractivity contribution < 1.29 is 32.2 Å². The van der Waals surface area contributed by atoms with E-state index in [-0.39, 0.29) is 50.2 Å². The van der Waals surface area contributed by atoms with Gasteiger partial charge in [-0.25, -0.2) is 17.9 Å². The van der Waals surface area contributed by atoms with Crippen molar-refractivity contribution in [3.63, 3.8) is 0 Å². The van der Waals surface area contributed by atoms with Crippen molar-refractivity contribution in [2.75, 3.05) is 40.0 Å². The molecule has 2 heterocycles. The first-order chi connectivity index (χ1) is 28.2. The zero-order valence-corrected chi connectivity index (χ0v) is 33.5. The van der Waals surface area contributed by atoms with Gasteiger partial charge < -0.3 is 24.4 Å². The van der Waals surface area contributed by atoms with Gasteiger partial charge in [0.15, 0.2) is 0 Å². The Morgan fingerprint density at radius 3 is 2.03 bits per heavy atom. The lowest BCUT2D eigenvalue weighted by molar-refractivity contribution is -0.127. The van der Waals surface area contributed by atoms with Crippen LogP contribution in [0, 0.1) is 5.92 Å². The molecule has 2 atom stereocenters. The van der Waals surface area contributed by atoms with E-state index < -0.39 is 33.5 Å². The first-order valence-corrected chi connectivity index (χ1v) is 21.7. The summed E-state index contributed by atoms with van der Waals surface area (Å²) in [5, 5.41) is 3.29. The molecule has 5 aromatic rings. The minimum atomic E-state index is -3.83. The van der Waals surface area contributed by atoms with Crippen LogP contribution in [-0.4, -0.2) is 71.3 Å². The lowest BCUT2D eigenvalue weighted by Crippen LogP contribution is -2.56. The maximum Gasteiger partial charge on any atom is 0.409 e. The fourth-order valence-electron chi connectivity index (χ4n) is 9.07. The van der Waals surface area contributed by atoms with Gasteiger partial charge in [-0.1, -0.05) is 115 Å². The second-order valence-corrected chi connectivity index (χ2v) is 17.3. The number of carbonyl (C=O) groups excluding carboxylic acids is 2. The number of ether oxygens (including phenoxy) is 3. The lowest BCUT2D eigenvalue weighted by atomic mass is 9.69. The van der Waals surface area contributed by atoms with Gasteiger partial charge in [-0.3, -0.25) is 4.79 Å². The van der Waals surface area contributed by atoms with Crippen LogP contribution in [0.2, 0.25) is 0 Å². The molecular formula is C47H49N3O7S. The molecule has 2 amide bonds. The van der Waals surface area contributed by atoms with Crippen molar-refractivity contribution in [1.29, 1.82) is 0 Å². The van der Waals surface area contributed by atoms with Gasteiger partial charge in [0.05, 0.1) is 11.7 Å². The van der Waals surface area contributed by atoms with Crippen LogP contribution in [0.3, 0.4) is 0 Å². The predicted octanol–water partition coefficient (Wildman–Crippen LogP) is 7.77. The van der Waals surface area contributed by atoms with Gasteiger partial charge in [-0.2, -0.15) is 0 Å². The molecule has 300 valence electrons. The third kappa shape index (κ3) is 8.25. The number of rotatable bonds is 14. The summed E-state index contributed by atoms with van der Waals surface area (Å²) in [6, 6.07) is 40.4. The Kier molecular flexibility index (Phi) is 11.6. The molecule has 0 aromatic heterocycles. The van der Waals surface area contributed by atoms with E-state index in [0.29, 0.717) is 12.2 Å². The topological polar surface area (TPSA) is 123 Å². The molecule has 0 bridgehead atoms. The molecule has 1 fully saturated rings. The van der Waals surface area contributed by atoms with Crippen LogP contribution in [0.25, 0.3) is 11.1 Å². The molecule has 1 saturated heterocycles. The molecule has 3 aliphatic rings. The van der Waals surface area contributed by atoms with E-state index >= 15 is 0 Å². The number of sulfonamides is 1. The monoisotopic (exact) mass is 799 g/mol. The van der Waals surface area contributed by atoms with Crippen LogP contribution in [-0.2, 0) is 35.5 Å². The van der Waals surface area contributed by atoms with Gasteiger partial charge in [0.25, 0.3) is 0 Å². The van der Waals surface area contributed by atoms with Gasteiger partial charge in [-0.05, 0) is 65.6 Å². The fraction of sp³-hybridized carbons (Fsp3) is 0.319. The fourth-order valence-corrected chi connectivity index (χ4v) is 10.5. The van der Waals surface area contributed by atoms with E-state index in [0.717, 1.165) is 64.1 Å². The van der Waals surface area contributed by atoms with Gasteiger partial charge in [0.1, 0.15) is 18.1 Å². The van der Waals surface area contributed by atoms with Crippen molar-refractivity contribution in [2.24, 2.45) is 5.92 Å². The number of nitrogens with zero attached hydrogens (tertiary/aromatic N) is 1. The minimum Gasteiger partial charge on any atom is -0.457 e. The molecule has 2 aliphatic heterocycles. The Balaban J connectivity index is 1.04. The Morgan fingerprint density at radius 1 is 0.776 bits per heavy atom. The van der Waals surface area contributed by atoms with Crippen molar-refractivity contribution in [2.45, 2.75) is 48.8 Å². The Bertz CT molecular complexity index is 2280. The largest absolute Gasteiger partial charge is 0.457 e. The lowest BCUT2D eigenvalue weighted by Gasteiger charge is -2.41. The maximum atomic E-state index is 14.5. The first-order valence-electron chi connectivity index (χ1n) is 20.0. The normalized spacial score (nSPS) is 17.9. The highest BCUT2D eigenvalue weighted by atomic mass is 32.2. The Hall–Kier alpha value is -5.49. The summed E-state index contributed by atoms with van der Waals surface area (Å²) in [4.78, 5) is 30.0. The average Bonchev–Trinajstić information content (AvgIpc) is 3.56.